The van der Waals surface area contributed by atoms with Gasteiger partial charge in [0.2, 0.25) is 5.91 Å². The molecule has 1 aliphatic heterocycles. The highest BCUT2D eigenvalue weighted by Gasteiger charge is 2.23. The Morgan fingerprint density at radius 2 is 2.18 bits per heavy atom. The van der Waals surface area contributed by atoms with Crippen LogP contribution in [0.15, 0.2) is 29.6 Å². The number of thiazole rings is 1. The van der Waals surface area contributed by atoms with Crippen LogP contribution in [0.3, 0.4) is 0 Å². The Morgan fingerprint density at radius 1 is 1.36 bits per heavy atom. The Hall–Kier alpha value is -1.98. The fraction of sp³-hybridized carbons (Fsp3) is 0.350. The maximum Gasteiger partial charge on any atom is 0.226 e. The molecule has 0 aliphatic carbocycles. The van der Waals surface area contributed by atoms with Crippen molar-refractivity contribution in [1.82, 2.24) is 9.88 Å². The summed E-state index contributed by atoms with van der Waals surface area (Å²) in [4.78, 5) is 19.3. The second-order valence-electron chi connectivity index (χ2n) is 6.85. The summed E-state index contributed by atoms with van der Waals surface area (Å²) in [6.45, 7) is 2.68. The van der Waals surface area contributed by atoms with Gasteiger partial charge in [-0.3, -0.25) is 4.79 Å². The molecule has 3 heterocycles. The van der Waals surface area contributed by atoms with Crippen molar-refractivity contribution in [3.05, 3.63) is 45.2 Å². The highest BCUT2D eigenvalue weighted by molar-refractivity contribution is 7.18. The average molecular weight is 431 g/mol. The molecule has 0 unspecified atom stereocenters. The number of fused-ring (bicyclic) bond motifs is 1. The van der Waals surface area contributed by atoms with E-state index in [-0.39, 0.29) is 5.91 Å². The number of nitrogens with zero attached hydrogens (tertiary/aromatic N) is 3. The highest BCUT2D eigenvalue weighted by atomic mass is 35.5. The topological polar surface area (TPSA) is 69.0 Å². The minimum Gasteiger partial charge on any atom is -0.317 e. The number of thiophene rings is 1. The lowest BCUT2D eigenvalue weighted by Crippen LogP contribution is -2.35. The van der Waals surface area contributed by atoms with E-state index in [1.165, 1.54) is 21.0 Å². The Morgan fingerprint density at radius 3 is 2.96 bits per heavy atom. The monoisotopic (exact) mass is 430 g/mol. The number of aromatic nitrogens is 1. The van der Waals surface area contributed by atoms with Gasteiger partial charge in [-0.25, -0.2) is 4.98 Å². The van der Waals surface area contributed by atoms with Crippen LogP contribution in [-0.2, 0) is 4.79 Å². The maximum atomic E-state index is 12.2. The van der Waals surface area contributed by atoms with Crippen LogP contribution in [0.2, 0.25) is 5.02 Å². The first-order valence-corrected chi connectivity index (χ1v) is 11.3. The third-order valence-electron chi connectivity index (χ3n) is 5.00. The van der Waals surface area contributed by atoms with Gasteiger partial charge in [0, 0.05) is 23.9 Å². The fourth-order valence-corrected chi connectivity index (χ4v) is 5.48. The van der Waals surface area contributed by atoms with Crippen LogP contribution in [0.25, 0.3) is 10.2 Å². The number of nitrogens with one attached hydrogen (secondary N) is 1. The third kappa shape index (κ3) is 4.36. The van der Waals surface area contributed by atoms with Gasteiger partial charge < -0.3 is 10.2 Å². The molecule has 4 rings (SSSR count). The first-order valence-electron chi connectivity index (χ1n) is 9.18. The molecule has 2 aromatic heterocycles. The van der Waals surface area contributed by atoms with E-state index in [0.717, 1.165) is 43.0 Å². The van der Waals surface area contributed by atoms with E-state index < -0.39 is 0 Å². The predicted octanol–water partition coefficient (Wildman–Crippen LogP) is 5.09. The molecule has 144 valence electrons. The SMILES string of the molecule is N#Cc1ccsc1NC(=O)CCN1CCC(c2nc3cc(Cl)ccc3s2)CC1. The summed E-state index contributed by atoms with van der Waals surface area (Å²) < 4.78 is 1.18. The van der Waals surface area contributed by atoms with E-state index >= 15 is 0 Å². The number of anilines is 1. The Labute approximate surface area is 176 Å². The second-order valence-corrected chi connectivity index (χ2v) is 9.27. The number of benzene rings is 1. The molecular formula is C20H19ClN4OS2. The number of amides is 1. The van der Waals surface area contributed by atoms with Crippen LogP contribution in [0.5, 0.6) is 0 Å². The van der Waals surface area contributed by atoms with E-state index in [0.29, 0.717) is 22.9 Å². The zero-order valence-corrected chi connectivity index (χ0v) is 17.5. The van der Waals surface area contributed by atoms with Gasteiger partial charge in [-0.15, -0.1) is 22.7 Å². The smallest absolute Gasteiger partial charge is 0.226 e. The lowest BCUT2D eigenvalue weighted by Gasteiger charge is -2.30. The zero-order chi connectivity index (χ0) is 19.5. The van der Waals surface area contributed by atoms with Crippen LogP contribution in [0, 0.1) is 11.3 Å². The van der Waals surface area contributed by atoms with Gasteiger partial charge in [0.05, 0.1) is 20.8 Å². The zero-order valence-electron chi connectivity index (χ0n) is 15.2. The van der Waals surface area contributed by atoms with E-state index in [1.807, 2.05) is 23.6 Å². The molecule has 0 saturated carbocycles. The number of halogens is 1. The number of likely N-dealkylation sites (tertiary alicyclic amines) is 1. The van der Waals surface area contributed by atoms with Crippen LogP contribution < -0.4 is 5.32 Å². The molecule has 1 aliphatic rings. The van der Waals surface area contributed by atoms with Crippen molar-refractivity contribution in [3.63, 3.8) is 0 Å². The Bertz CT molecular complexity index is 1030. The van der Waals surface area contributed by atoms with Crippen molar-refractivity contribution in [2.45, 2.75) is 25.2 Å². The molecule has 3 aromatic rings. The van der Waals surface area contributed by atoms with Crippen molar-refractivity contribution >= 4 is 55.4 Å². The number of carbonyl (C=O) groups excluding carboxylic acids is 1. The standard InChI is InChI=1S/C20H19ClN4OS2/c21-15-1-2-17-16(11-15)23-20(28-17)13-3-7-25(8-4-13)9-5-18(26)24-19-14(12-22)6-10-27-19/h1-2,6,10-11,13H,3-5,7-9H2,(H,24,26). The van der Waals surface area contributed by atoms with Gasteiger partial charge in [0.1, 0.15) is 11.1 Å². The van der Waals surface area contributed by atoms with Crippen LogP contribution in [0.4, 0.5) is 5.00 Å². The molecule has 1 aromatic carbocycles. The fourth-order valence-electron chi connectivity index (χ4n) is 3.44. The van der Waals surface area contributed by atoms with Crippen LogP contribution in [0.1, 0.15) is 35.8 Å². The molecule has 28 heavy (non-hydrogen) atoms. The molecule has 1 N–H and O–H groups in total. The summed E-state index contributed by atoms with van der Waals surface area (Å²) in [5.74, 6) is 0.440. The first kappa shape index (κ1) is 19.3. The van der Waals surface area contributed by atoms with Gasteiger partial charge >= 0.3 is 0 Å². The predicted molar refractivity (Wildman–Crippen MR) is 115 cm³/mol. The molecule has 0 bridgehead atoms. The molecule has 8 heteroatoms. The quantitative estimate of drug-likeness (QED) is 0.612. The van der Waals surface area contributed by atoms with Gasteiger partial charge in [0.15, 0.2) is 0 Å². The summed E-state index contributed by atoms with van der Waals surface area (Å²) in [5.41, 5.74) is 1.51. The van der Waals surface area contributed by atoms with E-state index in [9.17, 15) is 4.79 Å². The van der Waals surface area contributed by atoms with Crippen molar-refractivity contribution in [3.8, 4) is 6.07 Å². The van der Waals surface area contributed by atoms with Gasteiger partial charge in [-0.2, -0.15) is 5.26 Å². The molecule has 1 amide bonds. The number of nitriles is 1. The molecule has 5 nitrogen and oxygen atoms in total. The van der Waals surface area contributed by atoms with Crippen molar-refractivity contribution in [1.29, 1.82) is 5.26 Å². The summed E-state index contributed by atoms with van der Waals surface area (Å²) in [5, 5.41) is 16.2. The van der Waals surface area contributed by atoms with Crippen molar-refractivity contribution in [2.75, 3.05) is 25.0 Å². The molecule has 0 spiro atoms. The minimum absolute atomic E-state index is 0.0378. The lowest BCUT2D eigenvalue weighted by molar-refractivity contribution is -0.116. The first-order chi connectivity index (χ1) is 13.6. The molecule has 1 fully saturated rings. The summed E-state index contributed by atoms with van der Waals surface area (Å²) >= 11 is 9.21. The largest absolute Gasteiger partial charge is 0.317 e. The molecule has 0 atom stereocenters. The minimum atomic E-state index is -0.0378. The van der Waals surface area contributed by atoms with Crippen LogP contribution in [-0.4, -0.2) is 35.4 Å². The lowest BCUT2D eigenvalue weighted by atomic mass is 9.97. The maximum absolute atomic E-state index is 12.2. The Balaban J connectivity index is 1.27. The summed E-state index contributed by atoms with van der Waals surface area (Å²) in [6.07, 6.45) is 2.55. The van der Waals surface area contributed by atoms with E-state index in [2.05, 4.69) is 16.3 Å². The molecular weight excluding hydrogens is 412 g/mol. The van der Waals surface area contributed by atoms with Gasteiger partial charge in [0.25, 0.3) is 0 Å². The summed E-state index contributed by atoms with van der Waals surface area (Å²) in [7, 11) is 0. The average Bonchev–Trinajstić information content (AvgIpc) is 3.32. The normalized spacial score (nSPS) is 15.6. The number of hydrogen-bond acceptors (Lipinski definition) is 6. The van der Waals surface area contributed by atoms with Crippen molar-refractivity contribution in [2.24, 2.45) is 0 Å². The van der Waals surface area contributed by atoms with E-state index in [1.54, 1.807) is 17.4 Å². The third-order valence-corrected chi connectivity index (χ3v) is 7.26. The summed E-state index contributed by atoms with van der Waals surface area (Å²) in [6, 6.07) is 9.69. The van der Waals surface area contributed by atoms with Gasteiger partial charge in [-0.1, -0.05) is 11.6 Å². The number of carbonyl (C=O) groups is 1. The number of hydrogen-bond donors (Lipinski definition) is 1. The molecule has 0 radical (unpaired) electrons. The highest BCUT2D eigenvalue weighted by Crippen LogP contribution is 2.34. The second kappa shape index (κ2) is 8.58. The van der Waals surface area contributed by atoms with E-state index in [4.69, 9.17) is 21.8 Å². The number of piperidine rings is 1. The van der Waals surface area contributed by atoms with Crippen molar-refractivity contribution < 1.29 is 4.79 Å². The Kier molecular flexibility index (Phi) is 5.93. The van der Waals surface area contributed by atoms with Crippen LogP contribution >= 0.6 is 34.3 Å². The molecule has 1 saturated heterocycles. The van der Waals surface area contributed by atoms with Gasteiger partial charge in [-0.05, 0) is 55.6 Å². The number of rotatable bonds is 5.